The Hall–Kier alpha value is -0.590. The van der Waals surface area contributed by atoms with E-state index in [0.29, 0.717) is 11.7 Å². The number of rotatable bonds is 1. The molecular formula is C9H14O. The fourth-order valence-corrected chi connectivity index (χ4v) is 1.43. The average Bonchev–Trinajstić information content (AvgIpc) is 1.95. The number of carbonyl (C=O) groups excluding carboxylic acids is 1. The summed E-state index contributed by atoms with van der Waals surface area (Å²) >= 11 is 0. The topological polar surface area (TPSA) is 17.1 Å². The highest BCUT2D eigenvalue weighted by molar-refractivity contribution is 5.79. The number of hydrogen-bond donors (Lipinski definition) is 0. The van der Waals surface area contributed by atoms with Crippen molar-refractivity contribution in [2.24, 2.45) is 5.92 Å². The van der Waals surface area contributed by atoms with Crippen LogP contribution in [0.5, 0.6) is 0 Å². The van der Waals surface area contributed by atoms with E-state index in [4.69, 9.17) is 0 Å². The number of carbonyl (C=O) groups is 1. The molecule has 0 heterocycles. The minimum absolute atomic E-state index is 0.445. The number of hydrogen-bond acceptors (Lipinski definition) is 1. The second kappa shape index (κ2) is 3.55. The van der Waals surface area contributed by atoms with Crippen molar-refractivity contribution in [1.29, 1.82) is 0 Å². The van der Waals surface area contributed by atoms with Gasteiger partial charge in [-0.15, -0.1) is 0 Å². The molecule has 0 aliphatic heterocycles. The third-order valence-corrected chi connectivity index (χ3v) is 2.05. The van der Waals surface area contributed by atoms with Crippen molar-refractivity contribution < 1.29 is 4.79 Å². The molecule has 1 saturated carbocycles. The van der Waals surface area contributed by atoms with Gasteiger partial charge in [0.15, 0.2) is 0 Å². The van der Waals surface area contributed by atoms with Gasteiger partial charge in [-0.2, -0.15) is 0 Å². The van der Waals surface area contributed by atoms with Gasteiger partial charge in [-0.3, -0.25) is 4.79 Å². The normalized spacial score (nSPS) is 22.3. The minimum Gasteiger partial charge on any atom is -0.300 e. The van der Waals surface area contributed by atoms with Crippen LogP contribution in [0.3, 0.4) is 0 Å². The van der Waals surface area contributed by atoms with Gasteiger partial charge < -0.3 is 0 Å². The first-order chi connectivity index (χ1) is 4.83. The molecule has 0 spiro atoms. The summed E-state index contributed by atoms with van der Waals surface area (Å²) in [6.45, 7) is 2.04. The van der Waals surface area contributed by atoms with Crippen LogP contribution in [-0.2, 0) is 4.79 Å². The second-order valence-corrected chi connectivity index (χ2v) is 2.90. The van der Waals surface area contributed by atoms with Crippen molar-refractivity contribution in [2.45, 2.75) is 32.6 Å². The Bertz CT molecular complexity index is 137. The summed E-state index contributed by atoms with van der Waals surface area (Å²) < 4.78 is 0. The predicted octanol–water partition coefficient (Wildman–Crippen LogP) is 2.32. The monoisotopic (exact) mass is 138 g/mol. The van der Waals surface area contributed by atoms with Gasteiger partial charge in [0.2, 0.25) is 0 Å². The lowest BCUT2D eigenvalue weighted by atomic mass is 9.88. The number of ketones is 1. The lowest BCUT2D eigenvalue weighted by Crippen LogP contribution is -2.11. The van der Waals surface area contributed by atoms with E-state index in [1.165, 1.54) is 0 Å². The standard InChI is InChI=1S/C9H14O/c1-2-3-8-4-6-9(10)7-5-8/h2-3,8H,4-7H2,1H3/b3-2+. The van der Waals surface area contributed by atoms with E-state index < -0.39 is 0 Å². The van der Waals surface area contributed by atoms with Crippen LogP contribution in [0.15, 0.2) is 12.2 Å². The van der Waals surface area contributed by atoms with Gasteiger partial charge in [-0.05, 0) is 25.7 Å². The largest absolute Gasteiger partial charge is 0.300 e. The van der Waals surface area contributed by atoms with Crippen LogP contribution in [0.4, 0.5) is 0 Å². The van der Waals surface area contributed by atoms with Crippen LogP contribution in [-0.4, -0.2) is 5.78 Å². The fourth-order valence-electron chi connectivity index (χ4n) is 1.43. The molecule has 0 unspecified atom stereocenters. The molecule has 0 aromatic heterocycles. The average molecular weight is 138 g/mol. The molecule has 0 saturated heterocycles. The predicted molar refractivity (Wildman–Crippen MR) is 41.8 cm³/mol. The van der Waals surface area contributed by atoms with Gasteiger partial charge in [0.25, 0.3) is 0 Å². The third-order valence-electron chi connectivity index (χ3n) is 2.05. The van der Waals surface area contributed by atoms with Gasteiger partial charge >= 0.3 is 0 Å². The van der Waals surface area contributed by atoms with E-state index in [1.54, 1.807) is 0 Å². The molecular weight excluding hydrogens is 124 g/mol. The van der Waals surface area contributed by atoms with Crippen LogP contribution in [0.25, 0.3) is 0 Å². The zero-order valence-corrected chi connectivity index (χ0v) is 6.47. The van der Waals surface area contributed by atoms with Crippen LogP contribution in [0, 0.1) is 5.92 Å². The fraction of sp³-hybridized carbons (Fsp3) is 0.667. The summed E-state index contributed by atoms with van der Waals surface area (Å²) in [4.78, 5) is 10.8. The van der Waals surface area contributed by atoms with Crippen molar-refractivity contribution in [3.63, 3.8) is 0 Å². The Morgan fingerprint density at radius 1 is 1.40 bits per heavy atom. The molecule has 0 aromatic carbocycles. The molecule has 0 N–H and O–H groups in total. The molecule has 56 valence electrons. The summed E-state index contributed by atoms with van der Waals surface area (Å²) in [5, 5.41) is 0. The Labute approximate surface area is 62.1 Å². The third kappa shape index (κ3) is 1.98. The van der Waals surface area contributed by atoms with Gasteiger partial charge in [0, 0.05) is 12.8 Å². The summed E-state index contributed by atoms with van der Waals surface area (Å²) in [7, 11) is 0. The molecule has 0 amide bonds. The Morgan fingerprint density at radius 3 is 2.50 bits per heavy atom. The Kier molecular flexibility index (Phi) is 2.67. The van der Waals surface area contributed by atoms with Crippen molar-refractivity contribution in [1.82, 2.24) is 0 Å². The lowest BCUT2D eigenvalue weighted by Gasteiger charge is -2.16. The molecule has 1 rings (SSSR count). The van der Waals surface area contributed by atoms with Gasteiger partial charge in [-0.1, -0.05) is 12.2 Å². The van der Waals surface area contributed by atoms with Crippen molar-refractivity contribution in [3.05, 3.63) is 12.2 Å². The maximum atomic E-state index is 10.8. The highest BCUT2D eigenvalue weighted by Gasteiger charge is 2.15. The molecule has 0 bridgehead atoms. The quantitative estimate of drug-likeness (QED) is 0.508. The van der Waals surface area contributed by atoms with Gasteiger partial charge in [0.1, 0.15) is 5.78 Å². The van der Waals surface area contributed by atoms with Crippen molar-refractivity contribution >= 4 is 5.78 Å². The number of Topliss-reactive ketones (excluding diaryl/α,β-unsaturated/α-hetero) is 1. The van der Waals surface area contributed by atoms with Crippen LogP contribution < -0.4 is 0 Å². The molecule has 1 fully saturated rings. The zero-order valence-electron chi connectivity index (χ0n) is 6.47. The molecule has 0 radical (unpaired) electrons. The maximum absolute atomic E-state index is 10.8. The van der Waals surface area contributed by atoms with Crippen molar-refractivity contribution in [2.75, 3.05) is 0 Å². The van der Waals surface area contributed by atoms with E-state index in [0.717, 1.165) is 25.7 Å². The highest BCUT2D eigenvalue weighted by atomic mass is 16.1. The molecule has 0 aromatic rings. The first-order valence-corrected chi connectivity index (χ1v) is 3.97. The first kappa shape index (κ1) is 7.52. The molecule has 0 atom stereocenters. The van der Waals surface area contributed by atoms with Crippen LogP contribution in [0.2, 0.25) is 0 Å². The van der Waals surface area contributed by atoms with E-state index in [-0.39, 0.29) is 0 Å². The van der Waals surface area contributed by atoms with Gasteiger partial charge in [0.05, 0.1) is 0 Å². The molecule has 1 heteroatoms. The first-order valence-electron chi connectivity index (χ1n) is 3.97. The van der Waals surface area contributed by atoms with E-state index in [1.807, 2.05) is 6.92 Å². The van der Waals surface area contributed by atoms with E-state index >= 15 is 0 Å². The summed E-state index contributed by atoms with van der Waals surface area (Å²) in [6.07, 6.45) is 8.04. The summed E-state index contributed by atoms with van der Waals surface area (Å²) in [6, 6.07) is 0. The summed E-state index contributed by atoms with van der Waals surface area (Å²) in [5.74, 6) is 1.13. The maximum Gasteiger partial charge on any atom is 0.132 e. The second-order valence-electron chi connectivity index (χ2n) is 2.90. The number of allylic oxidation sites excluding steroid dienone is 2. The highest BCUT2D eigenvalue weighted by Crippen LogP contribution is 2.21. The molecule has 1 aliphatic carbocycles. The Balaban J connectivity index is 2.32. The lowest BCUT2D eigenvalue weighted by molar-refractivity contribution is -0.120. The van der Waals surface area contributed by atoms with Gasteiger partial charge in [-0.25, -0.2) is 0 Å². The summed E-state index contributed by atoms with van der Waals surface area (Å²) in [5.41, 5.74) is 0. The van der Waals surface area contributed by atoms with Crippen LogP contribution in [0.1, 0.15) is 32.6 Å². The van der Waals surface area contributed by atoms with Crippen LogP contribution >= 0.6 is 0 Å². The molecule has 1 aliphatic rings. The minimum atomic E-state index is 0.445. The zero-order chi connectivity index (χ0) is 7.40. The SMILES string of the molecule is C/C=C/C1CCC(=O)CC1. The smallest absolute Gasteiger partial charge is 0.132 e. The molecule has 1 nitrogen and oxygen atoms in total. The van der Waals surface area contributed by atoms with E-state index in [2.05, 4.69) is 12.2 Å². The van der Waals surface area contributed by atoms with Crippen molar-refractivity contribution in [3.8, 4) is 0 Å². The molecule has 10 heavy (non-hydrogen) atoms. The van der Waals surface area contributed by atoms with E-state index in [9.17, 15) is 4.79 Å². The Morgan fingerprint density at radius 2 is 2.00 bits per heavy atom.